The molecule has 0 unspecified atom stereocenters. The Morgan fingerprint density at radius 1 is 1.28 bits per heavy atom. The Balaban J connectivity index is 2.27. The summed E-state index contributed by atoms with van der Waals surface area (Å²) >= 11 is 0. The first-order valence-corrected chi connectivity index (χ1v) is 6.47. The van der Waals surface area contributed by atoms with Crippen LogP contribution in [0.4, 0.5) is 10.1 Å². The highest BCUT2D eigenvalue weighted by atomic mass is 19.1. The molecule has 0 bridgehead atoms. The zero-order valence-electron chi connectivity index (χ0n) is 11.0. The Morgan fingerprint density at radius 3 is 2.78 bits per heavy atom. The molecule has 1 heterocycles. The highest BCUT2D eigenvalue weighted by molar-refractivity contribution is 5.59. The van der Waals surface area contributed by atoms with E-state index in [1.165, 1.54) is 12.5 Å². The number of benzene rings is 1. The molecule has 1 aromatic rings. The SMILES string of the molecule is CC1(C)CCCN(c2cccc(F)c2C#N)CC1. The fourth-order valence-electron chi connectivity index (χ4n) is 2.55. The van der Waals surface area contributed by atoms with Crippen LogP contribution in [0.25, 0.3) is 0 Å². The summed E-state index contributed by atoms with van der Waals surface area (Å²) in [5, 5.41) is 9.09. The van der Waals surface area contributed by atoms with E-state index in [4.69, 9.17) is 5.26 Å². The smallest absolute Gasteiger partial charge is 0.143 e. The second-order valence-corrected chi connectivity index (χ2v) is 5.75. The van der Waals surface area contributed by atoms with Crippen molar-refractivity contribution in [3.05, 3.63) is 29.6 Å². The van der Waals surface area contributed by atoms with Crippen LogP contribution in [-0.4, -0.2) is 13.1 Å². The van der Waals surface area contributed by atoms with Crippen LogP contribution in [0.15, 0.2) is 18.2 Å². The van der Waals surface area contributed by atoms with E-state index < -0.39 is 5.82 Å². The van der Waals surface area contributed by atoms with Gasteiger partial charge in [0.25, 0.3) is 0 Å². The predicted octanol–water partition coefficient (Wildman–Crippen LogP) is 3.71. The van der Waals surface area contributed by atoms with E-state index in [1.807, 2.05) is 12.1 Å². The number of rotatable bonds is 1. The number of halogens is 1. The fourth-order valence-corrected chi connectivity index (χ4v) is 2.55. The molecule has 2 nitrogen and oxygen atoms in total. The van der Waals surface area contributed by atoms with Gasteiger partial charge in [-0.3, -0.25) is 0 Å². The van der Waals surface area contributed by atoms with Crippen molar-refractivity contribution in [1.82, 2.24) is 0 Å². The molecule has 1 aliphatic heterocycles. The van der Waals surface area contributed by atoms with Gasteiger partial charge in [-0.25, -0.2) is 4.39 Å². The maximum Gasteiger partial charge on any atom is 0.143 e. The largest absolute Gasteiger partial charge is 0.370 e. The molecule has 1 fully saturated rings. The quantitative estimate of drug-likeness (QED) is 0.755. The molecule has 96 valence electrons. The Morgan fingerprint density at radius 2 is 2.06 bits per heavy atom. The average Bonchev–Trinajstić information content (AvgIpc) is 2.50. The molecule has 0 N–H and O–H groups in total. The Bertz CT molecular complexity index is 474. The number of hydrogen-bond donors (Lipinski definition) is 0. The van der Waals surface area contributed by atoms with Crippen molar-refractivity contribution < 1.29 is 4.39 Å². The lowest BCUT2D eigenvalue weighted by Gasteiger charge is -2.25. The van der Waals surface area contributed by atoms with Crippen molar-refractivity contribution in [2.24, 2.45) is 5.41 Å². The number of nitrogens with zero attached hydrogens (tertiary/aromatic N) is 2. The third kappa shape index (κ3) is 2.64. The molecule has 3 heteroatoms. The molecular weight excluding hydrogens is 227 g/mol. The summed E-state index contributed by atoms with van der Waals surface area (Å²) in [6, 6.07) is 6.87. The first-order chi connectivity index (χ1) is 8.53. The summed E-state index contributed by atoms with van der Waals surface area (Å²) < 4.78 is 13.6. The van der Waals surface area contributed by atoms with Crippen LogP contribution in [0.1, 0.15) is 38.7 Å². The van der Waals surface area contributed by atoms with E-state index in [1.54, 1.807) is 6.07 Å². The van der Waals surface area contributed by atoms with Crippen molar-refractivity contribution in [3.63, 3.8) is 0 Å². The van der Waals surface area contributed by atoms with Gasteiger partial charge in [0.05, 0.1) is 5.69 Å². The topological polar surface area (TPSA) is 27.0 Å². The van der Waals surface area contributed by atoms with Gasteiger partial charge in [-0.2, -0.15) is 5.26 Å². The van der Waals surface area contributed by atoms with Gasteiger partial charge >= 0.3 is 0 Å². The van der Waals surface area contributed by atoms with E-state index in [2.05, 4.69) is 18.7 Å². The Kier molecular flexibility index (Phi) is 3.56. The fraction of sp³-hybridized carbons (Fsp3) is 0.533. The summed E-state index contributed by atoms with van der Waals surface area (Å²) in [6.45, 7) is 6.34. The summed E-state index contributed by atoms with van der Waals surface area (Å²) in [4.78, 5) is 2.15. The number of anilines is 1. The molecule has 0 aromatic heterocycles. The molecule has 0 atom stereocenters. The van der Waals surface area contributed by atoms with Crippen LogP contribution in [0, 0.1) is 22.6 Å². The van der Waals surface area contributed by atoms with Gasteiger partial charge < -0.3 is 4.90 Å². The minimum absolute atomic E-state index is 0.178. The second kappa shape index (κ2) is 4.97. The highest BCUT2D eigenvalue weighted by Crippen LogP contribution is 2.33. The monoisotopic (exact) mass is 246 g/mol. The summed E-state index contributed by atoms with van der Waals surface area (Å²) in [7, 11) is 0. The lowest BCUT2D eigenvalue weighted by atomic mass is 9.85. The van der Waals surface area contributed by atoms with E-state index in [9.17, 15) is 4.39 Å². The summed E-state index contributed by atoms with van der Waals surface area (Å²) in [5.41, 5.74) is 1.27. The summed E-state index contributed by atoms with van der Waals surface area (Å²) in [5.74, 6) is -0.418. The van der Waals surface area contributed by atoms with Crippen LogP contribution in [0.2, 0.25) is 0 Å². The van der Waals surface area contributed by atoms with Crippen LogP contribution >= 0.6 is 0 Å². The molecule has 0 radical (unpaired) electrons. The van der Waals surface area contributed by atoms with Crippen LogP contribution in [0.3, 0.4) is 0 Å². The second-order valence-electron chi connectivity index (χ2n) is 5.75. The molecule has 1 saturated heterocycles. The minimum Gasteiger partial charge on any atom is -0.370 e. The van der Waals surface area contributed by atoms with Crippen LogP contribution < -0.4 is 4.90 Å². The molecule has 0 saturated carbocycles. The maximum atomic E-state index is 13.6. The van der Waals surface area contributed by atoms with Gasteiger partial charge in [0.2, 0.25) is 0 Å². The molecule has 0 aliphatic carbocycles. The maximum absolute atomic E-state index is 13.6. The average molecular weight is 246 g/mol. The molecular formula is C15H19FN2. The van der Waals surface area contributed by atoms with Gasteiger partial charge in [0, 0.05) is 13.1 Å². The molecule has 2 rings (SSSR count). The van der Waals surface area contributed by atoms with Gasteiger partial charge in [0.1, 0.15) is 17.4 Å². The molecule has 1 aliphatic rings. The number of nitriles is 1. The zero-order chi connectivity index (χ0) is 13.2. The van der Waals surface area contributed by atoms with Crippen molar-refractivity contribution >= 4 is 5.69 Å². The van der Waals surface area contributed by atoms with Crippen molar-refractivity contribution in [2.75, 3.05) is 18.0 Å². The first kappa shape index (κ1) is 12.9. The van der Waals surface area contributed by atoms with Crippen molar-refractivity contribution in [2.45, 2.75) is 33.1 Å². The zero-order valence-corrected chi connectivity index (χ0v) is 11.0. The summed E-state index contributed by atoms with van der Waals surface area (Å²) in [6.07, 6.45) is 3.35. The van der Waals surface area contributed by atoms with E-state index in [0.717, 1.165) is 31.6 Å². The lowest BCUT2D eigenvalue weighted by Crippen LogP contribution is -2.26. The van der Waals surface area contributed by atoms with E-state index in [0.29, 0.717) is 5.41 Å². The van der Waals surface area contributed by atoms with Crippen LogP contribution in [-0.2, 0) is 0 Å². The van der Waals surface area contributed by atoms with Gasteiger partial charge in [-0.1, -0.05) is 19.9 Å². The van der Waals surface area contributed by atoms with Gasteiger partial charge in [0.15, 0.2) is 0 Å². The van der Waals surface area contributed by atoms with Gasteiger partial charge in [-0.15, -0.1) is 0 Å². The minimum atomic E-state index is -0.418. The molecule has 0 spiro atoms. The van der Waals surface area contributed by atoms with E-state index in [-0.39, 0.29) is 5.56 Å². The van der Waals surface area contributed by atoms with E-state index >= 15 is 0 Å². The molecule has 1 aromatic carbocycles. The molecule has 0 amide bonds. The third-order valence-corrected chi connectivity index (χ3v) is 3.78. The molecule has 18 heavy (non-hydrogen) atoms. The van der Waals surface area contributed by atoms with Crippen LogP contribution in [0.5, 0.6) is 0 Å². The Labute approximate surface area is 108 Å². The number of hydrogen-bond acceptors (Lipinski definition) is 2. The predicted molar refractivity (Wildman–Crippen MR) is 71.0 cm³/mol. The highest BCUT2D eigenvalue weighted by Gasteiger charge is 2.24. The first-order valence-electron chi connectivity index (χ1n) is 6.47. The normalized spacial score (nSPS) is 19.1. The van der Waals surface area contributed by atoms with Crippen molar-refractivity contribution in [3.8, 4) is 6.07 Å². The third-order valence-electron chi connectivity index (χ3n) is 3.78. The lowest BCUT2D eigenvalue weighted by molar-refractivity contribution is 0.325. The standard InChI is InChI=1S/C15H19FN2/c1-15(2)7-4-9-18(10-8-15)14-6-3-5-13(16)12(14)11-17/h3,5-6H,4,7-10H2,1-2H3. The van der Waals surface area contributed by atoms with Gasteiger partial charge in [-0.05, 0) is 36.8 Å². The van der Waals surface area contributed by atoms with Crippen molar-refractivity contribution in [1.29, 1.82) is 5.26 Å². The Hall–Kier alpha value is -1.56.